The molecular weight excluding hydrogens is 437 g/mol. The van der Waals surface area contributed by atoms with Crippen LogP contribution in [0.1, 0.15) is 24.3 Å². The molecule has 1 saturated heterocycles. The monoisotopic (exact) mass is 456 g/mol. The SMILES string of the molecule is CC1=C(c2nnc(-c3cccc(N)c3)o2)C(=O)N2NC(C(F)(F)F)C(c3ccccc3)C2N1. The van der Waals surface area contributed by atoms with E-state index in [1.54, 1.807) is 61.5 Å². The second-order valence-electron chi connectivity index (χ2n) is 7.89. The summed E-state index contributed by atoms with van der Waals surface area (Å²) < 4.78 is 47.4. The summed E-state index contributed by atoms with van der Waals surface area (Å²) in [5, 5.41) is 11.9. The molecule has 2 aliphatic heterocycles. The number of nitrogen functional groups attached to an aromatic ring is 1. The summed E-state index contributed by atoms with van der Waals surface area (Å²) in [7, 11) is 0. The average molecular weight is 456 g/mol. The van der Waals surface area contributed by atoms with E-state index in [0.717, 1.165) is 5.01 Å². The molecule has 5 rings (SSSR count). The van der Waals surface area contributed by atoms with Gasteiger partial charge in [-0.3, -0.25) is 4.79 Å². The predicted octanol–water partition coefficient (Wildman–Crippen LogP) is 3.04. The van der Waals surface area contributed by atoms with Crippen molar-refractivity contribution in [3.8, 4) is 11.5 Å². The predicted molar refractivity (Wildman–Crippen MR) is 113 cm³/mol. The van der Waals surface area contributed by atoms with Crippen LogP contribution in [0.5, 0.6) is 0 Å². The Balaban J connectivity index is 1.52. The van der Waals surface area contributed by atoms with Gasteiger partial charge in [-0.2, -0.15) is 13.2 Å². The number of nitrogens with one attached hydrogen (secondary N) is 2. The molecule has 0 spiro atoms. The molecule has 0 radical (unpaired) electrons. The lowest BCUT2D eigenvalue weighted by Gasteiger charge is -2.34. The van der Waals surface area contributed by atoms with Crippen LogP contribution in [-0.2, 0) is 4.79 Å². The van der Waals surface area contributed by atoms with E-state index < -0.39 is 30.2 Å². The molecule has 3 aromatic rings. The number of rotatable bonds is 3. The van der Waals surface area contributed by atoms with Crippen molar-refractivity contribution < 1.29 is 22.4 Å². The summed E-state index contributed by atoms with van der Waals surface area (Å²) in [6.07, 6.45) is -5.54. The van der Waals surface area contributed by atoms with Crippen molar-refractivity contribution in [3.05, 3.63) is 71.7 Å². The van der Waals surface area contributed by atoms with Crippen molar-refractivity contribution in [1.82, 2.24) is 25.9 Å². The summed E-state index contributed by atoms with van der Waals surface area (Å²) in [6, 6.07) is 13.1. The van der Waals surface area contributed by atoms with E-state index in [1.807, 2.05) is 0 Å². The molecule has 0 bridgehead atoms. The quantitative estimate of drug-likeness (QED) is 0.520. The number of benzene rings is 2. The maximum absolute atomic E-state index is 13.9. The summed E-state index contributed by atoms with van der Waals surface area (Å²) >= 11 is 0. The highest BCUT2D eigenvalue weighted by atomic mass is 19.4. The Morgan fingerprint density at radius 1 is 1.06 bits per heavy atom. The van der Waals surface area contributed by atoms with Gasteiger partial charge in [0.15, 0.2) is 0 Å². The number of carbonyl (C=O) groups is 1. The van der Waals surface area contributed by atoms with E-state index in [0.29, 0.717) is 22.5 Å². The van der Waals surface area contributed by atoms with Gasteiger partial charge in [-0.15, -0.1) is 10.2 Å². The van der Waals surface area contributed by atoms with Crippen LogP contribution in [0.4, 0.5) is 18.9 Å². The molecule has 3 unspecified atom stereocenters. The average Bonchev–Trinajstić information content (AvgIpc) is 3.40. The third kappa shape index (κ3) is 3.59. The first kappa shape index (κ1) is 21.0. The molecule has 1 amide bonds. The van der Waals surface area contributed by atoms with Crippen LogP contribution in [0.15, 0.2) is 64.7 Å². The van der Waals surface area contributed by atoms with Crippen LogP contribution < -0.4 is 16.5 Å². The van der Waals surface area contributed by atoms with Crippen molar-refractivity contribution in [2.75, 3.05) is 5.73 Å². The molecule has 4 N–H and O–H groups in total. The smallest absolute Gasteiger partial charge is 0.406 e. The van der Waals surface area contributed by atoms with Gasteiger partial charge < -0.3 is 15.5 Å². The largest absolute Gasteiger partial charge is 0.416 e. The van der Waals surface area contributed by atoms with Crippen molar-refractivity contribution in [2.24, 2.45) is 0 Å². The Bertz CT molecular complexity index is 1240. The molecule has 2 aromatic carbocycles. The van der Waals surface area contributed by atoms with Crippen molar-refractivity contribution in [2.45, 2.75) is 31.2 Å². The molecule has 11 heteroatoms. The van der Waals surface area contributed by atoms with Gasteiger partial charge in [0.25, 0.3) is 11.8 Å². The normalized spacial score (nSPS) is 23.0. The number of carbonyl (C=O) groups excluding carboxylic acids is 1. The minimum atomic E-state index is -4.58. The highest BCUT2D eigenvalue weighted by molar-refractivity contribution is 6.19. The fourth-order valence-electron chi connectivity index (χ4n) is 4.26. The van der Waals surface area contributed by atoms with E-state index in [1.165, 1.54) is 0 Å². The number of hydrogen-bond donors (Lipinski definition) is 3. The van der Waals surface area contributed by atoms with Crippen molar-refractivity contribution in [1.29, 1.82) is 0 Å². The lowest BCUT2D eigenvalue weighted by atomic mass is 9.89. The molecule has 3 heterocycles. The van der Waals surface area contributed by atoms with Gasteiger partial charge in [0, 0.05) is 16.9 Å². The lowest BCUT2D eigenvalue weighted by Crippen LogP contribution is -2.54. The fraction of sp³-hybridized carbons (Fsp3) is 0.227. The highest BCUT2D eigenvalue weighted by Crippen LogP contribution is 2.42. The van der Waals surface area contributed by atoms with E-state index in [2.05, 4.69) is 20.9 Å². The molecule has 3 atom stereocenters. The number of halogens is 3. The van der Waals surface area contributed by atoms with Gasteiger partial charge in [-0.05, 0) is 30.7 Å². The molecule has 0 aliphatic carbocycles. The van der Waals surface area contributed by atoms with Gasteiger partial charge in [0.1, 0.15) is 17.8 Å². The second-order valence-corrected chi connectivity index (χ2v) is 7.89. The third-order valence-electron chi connectivity index (χ3n) is 5.74. The number of alkyl halides is 3. The zero-order valence-corrected chi connectivity index (χ0v) is 17.3. The number of hydrogen-bond acceptors (Lipinski definition) is 7. The van der Waals surface area contributed by atoms with E-state index in [-0.39, 0.29) is 17.4 Å². The maximum atomic E-state index is 13.9. The molecule has 33 heavy (non-hydrogen) atoms. The highest BCUT2D eigenvalue weighted by Gasteiger charge is 2.58. The first-order chi connectivity index (χ1) is 15.7. The van der Waals surface area contributed by atoms with E-state index in [4.69, 9.17) is 10.2 Å². The Morgan fingerprint density at radius 2 is 1.79 bits per heavy atom. The van der Waals surface area contributed by atoms with Crippen molar-refractivity contribution in [3.63, 3.8) is 0 Å². The first-order valence-electron chi connectivity index (χ1n) is 10.1. The Morgan fingerprint density at radius 3 is 2.48 bits per heavy atom. The summed E-state index contributed by atoms with van der Waals surface area (Å²) in [6.45, 7) is 1.60. The van der Waals surface area contributed by atoms with Gasteiger partial charge >= 0.3 is 6.18 Å². The first-order valence-corrected chi connectivity index (χ1v) is 10.1. The standard InChI is InChI=1S/C22H19F3N6O2/c1-11-15(20-29-28-19(33-20)13-8-5-9-14(26)10-13)21(32)31-18(27-11)16(12-6-3-2-4-7-12)17(30-31)22(23,24)25/h2-10,16-18,27,30H,26H2,1H3. The van der Waals surface area contributed by atoms with Crippen LogP contribution >= 0.6 is 0 Å². The van der Waals surface area contributed by atoms with Gasteiger partial charge in [0.05, 0.1) is 5.92 Å². The number of aromatic nitrogens is 2. The zero-order chi connectivity index (χ0) is 23.3. The Labute approximate surface area is 186 Å². The zero-order valence-electron chi connectivity index (χ0n) is 17.3. The number of nitrogens with zero attached hydrogens (tertiary/aromatic N) is 3. The molecule has 1 fully saturated rings. The molecule has 8 nitrogen and oxygen atoms in total. The number of allylic oxidation sites excluding steroid dienone is 1. The van der Waals surface area contributed by atoms with Gasteiger partial charge in [0.2, 0.25) is 5.89 Å². The Hall–Kier alpha value is -3.86. The molecule has 2 aliphatic rings. The Kier molecular flexibility index (Phi) is 4.85. The summed E-state index contributed by atoms with van der Waals surface area (Å²) in [4.78, 5) is 13.3. The fourth-order valence-corrected chi connectivity index (χ4v) is 4.26. The molecule has 1 aromatic heterocycles. The number of nitrogens with two attached hydrogens (primary N) is 1. The van der Waals surface area contributed by atoms with Crippen LogP contribution in [0, 0.1) is 0 Å². The van der Waals surface area contributed by atoms with Crippen LogP contribution in [0.2, 0.25) is 0 Å². The number of anilines is 1. The molecular formula is C22H19F3N6O2. The van der Waals surface area contributed by atoms with Gasteiger partial charge in [-0.25, -0.2) is 10.4 Å². The number of hydrazine groups is 1. The maximum Gasteiger partial charge on any atom is 0.406 e. The molecule has 170 valence electrons. The minimum absolute atomic E-state index is 0.00367. The molecule has 0 saturated carbocycles. The minimum Gasteiger partial charge on any atom is -0.416 e. The van der Waals surface area contributed by atoms with Crippen LogP contribution in [0.25, 0.3) is 17.0 Å². The lowest BCUT2D eigenvalue weighted by molar-refractivity contribution is -0.161. The number of fused-ring (bicyclic) bond motifs is 1. The van der Waals surface area contributed by atoms with Crippen LogP contribution in [0.3, 0.4) is 0 Å². The summed E-state index contributed by atoms with van der Waals surface area (Å²) in [5.74, 6) is -1.71. The van der Waals surface area contributed by atoms with E-state index >= 15 is 0 Å². The van der Waals surface area contributed by atoms with Crippen LogP contribution in [-0.4, -0.2) is 39.5 Å². The van der Waals surface area contributed by atoms with Crippen molar-refractivity contribution >= 4 is 17.2 Å². The van der Waals surface area contributed by atoms with E-state index in [9.17, 15) is 18.0 Å². The third-order valence-corrected chi connectivity index (χ3v) is 5.74. The topological polar surface area (TPSA) is 109 Å². The van der Waals surface area contributed by atoms with Gasteiger partial charge in [-0.1, -0.05) is 36.4 Å². The number of amides is 1. The summed E-state index contributed by atoms with van der Waals surface area (Å²) in [5.41, 5.74) is 9.99. The second kappa shape index (κ2) is 7.62.